The zero-order chi connectivity index (χ0) is 19.1. The Kier molecular flexibility index (Phi) is 4.46. The number of aromatic amines is 1. The number of hydrogen-bond donors (Lipinski definition) is 1. The highest BCUT2D eigenvalue weighted by molar-refractivity contribution is 5.85. The number of fused-ring (bicyclic) bond motifs is 3. The first kappa shape index (κ1) is 17.5. The van der Waals surface area contributed by atoms with E-state index in [-0.39, 0.29) is 0 Å². The second kappa shape index (κ2) is 7.12. The Balaban J connectivity index is 1.51. The summed E-state index contributed by atoms with van der Waals surface area (Å²) in [4.78, 5) is 9.01. The van der Waals surface area contributed by atoms with Gasteiger partial charge in [0.2, 0.25) is 0 Å². The Morgan fingerprint density at radius 2 is 1.93 bits per heavy atom. The number of rotatable bonds is 5. The highest BCUT2D eigenvalue weighted by atomic mass is 16.5. The van der Waals surface area contributed by atoms with Gasteiger partial charge in [-0.2, -0.15) is 0 Å². The van der Waals surface area contributed by atoms with Gasteiger partial charge in [0, 0.05) is 48.8 Å². The normalized spacial score (nSPS) is 22.2. The number of para-hydroxylation sites is 1. The van der Waals surface area contributed by atoms with E-state index in [1.807, 2.05) is 6.08 Å². The van der Waals surface area contributed by atoms with Crippen molar-refractivity contribution in [2.75, 3.05) is 26.7 Å². The Morgan fingerprint density at radius 3 is 2.71 bits per heavy atom. The Hall–Kier alpha value is -2.56. The molecule has 3 aliphatic rings. The SMILES string of the molecule is C=CCN1C[C@@H]2c3[nH]c4ccccc4c3C[C@H]1CN2Cc1ccc(OC)cc1. The van der Waals surface area contributed by atoms with Crippen LogP contribution in [0.2, 0.25) is 0 Å². The molecule has 3 aromatic rings. The quantitative estimate of drug-likeness (QED) is 0.682. The van der Waals surface area contributed by atoms with Crippen LogP contribution in [0.1, 0.15) is 22.9 Å². The molecule has 3 aliphatic heterocycles. The summed E-state index contributed by atoms with van der Waals surface area (Å²) < 4.78 is 5.31. The summed E-state index contributed by atoms with van der Waals surface area (Å²) in [6, 6.07) is 18.1. The van der Waals surface area contributed by atoms with Crippen molar-refractivity contribution in [1.82, 2.24) is 14.8 Å². The zero-order valence-corrected chi connectivity index (χ0v) is 16.4. The molecule has 1 saturated heterocycles. The highest BCUT2D eigenvalue weighted by Crippen LogP contribution is 2.39. The number of hydrogen-bond acceptors (Lipinski definition) is 3. The zero-order valence-electron chi connectivity index (χ0n) is 16.4. The lowest BCUT2D eigenvalue weighted by Gasteiger charge is -2.43. The number of methoxy groups -OCH3 is 1. The van der Waals surface area contributed by atoms with E-state index in [0.717, 1.165) is 38.3 Å². The van der Waals surface area contributed by atoms with Gasteiger partial charge in [0.15, 0.2) is 0 Å². The number of H-pyrrole nitrogens is 1. The van der Waals surface area contributed by atoms with Crippen molar-refractivity contribution in [1.29, 1.82) is 0 Å². The molecule has 0 amide bonds. The van der Waals surface area contributed by atoms with E-state index in [9.17, 15) is 0 Å². The van der Waals surface area contributed by atoms with Gasteiger partial charge in [-0.1, -0.05) is 36.4 Å². The topological polar surface area (TPSA) is 31.5 Å². The van der Waals surface area contributed by atoms with Gasteiger partial charge in [0.1, 0.15) is 5.75 Å². The van der Waals surface area contributed by atoms with Crippen LogP contribution >= 0.6 is 0 Å². The summed E-state index contributed by atoms with van der Waals surface area (Å²) in [5, 5.41) is 1.39. The van der Waals surface area contributed by atoms with Gasteiger partial charge in [0.05, 0.1) is 13.2 Å². The predicted octanol–water partition coefficient (Wildman–Crippen LogP) is 4.15. The van der Waals surface area contributed by atoms with Gasteiger partial charge in [0.25, 0.3) is 0 Å². The third-order valence-electron chi connectivity index (χ3n) is 6.34. The first-order valence-electron chi connectivity index (χ1n) is 10.1. The third kappa shape index (κ3) is 2.93. The van der Waals surface area contributed by atoms with Gasteiger partial charge in [-0.05, 0) is 35.7 Å². The lowest BCUT2D eigenvalue weighted by molar-refractivity contribution is 0.0365. The molecule has 0 saturated carbocycles. The number of nitrogens with one attached hydrogen (secondary N) is 1. The summed E-state index contributed by atoms with van der Waals surface area (Å²) in [5.74, 6) is 0.913. The molecule has 2 bridgehead atoms. The summed E-state index contributed by atoms with van der Waals surface area (Å²) in [7, 11) is 1.72. The van der Waals surface area contributed by atoms with Crippen molar-refractivity contribution in [2.24, 2.45) is 0 Å². The second-order valence-electron chi connectivity index (χ2n) is 7.96. The Labute approximate surface area is 166 Å². The fraction of sp³-hybridized carbons (Fsp3) is 0.333. The average Bonchev–Trinajstić information content (AvgIpc) is 2.94. The van der Waals surface area contributed by atoms with Crippen LogP contribution < -0.4 is 4.74 Å². The van der Waals surface area contributed by atoms with E-state index < -0.39 is 0 Å². The van der Waals surface area contributed by atoms with Crippen molar-refractivity contribution in [3.8, 4) is 5.75 Å². The van der Waals surface area contributed by atoms with Crippen molar-refractivity contribution >= 4 is 10.9 Å². The monoisotopic (exact) mass is 373 g/mol. The molecule has 1 fully saturated rings. The molecule has 4 heterocycles. The molecule has 2 atom stereocenters. The van der Waals surface area contributed by atoms with Crippen molar-refractivity contribution in [3.63, 3.8) is 0 Å². The number of ether oxygens (including phenoxy) is 1. The maximum absolute atomic E-state index is 5.31. The lowest BCUT2D eigenvalue weighted by Crippen LogP contribution is -2.53. The molecule has 4 nitrogen and oxygen atoms in total. The lowest BCUT2D eigenvalue weighted by atomic mass is 10.0. The minimum Gasteiger partial charge on any atom is -0.497 e. The van der Waals surface area contributed by atoms with Crippen molar-refractivity contribution in [3.05, 3.63) is 78.0 Å². The van der Waals surface area contributed by atoms with E-state index in [1.165, 1.54) is 27.7 Å². The third-order valence-corrected chi connectivity index (χ3v) is 6.34. The number of nitrogens with zero attached hydrogens (tertiary/aromatic N) is 2. The average molecular weight is 374 g/mol. The van der Waals surface area contributed by atoms with Crippen LogP contribution in [0.3, 0.4) is 0 Å². The maximum Gasteiger partial charge on any atom is 0.118 e. The fourth-order valence-corrected chi connectivity index (χ4v) is 4.96. The van der Waals surface area contributed by atoms with E-state index in [1.54, 1.807) is 7.11 Å². The Morgan fingerprint density at radius 1 is 1.11 bits per heavy atom. The first-order chi connectivity index (χ1) is 13.8. The molecule has 1 aromatic heterocycles. The minimum absolute atomic E-state index is 0.378. The van der Waals surface area contributed by atoms with Gasteiger partial charge < -0.3 is 9.72 Å². The van der Waals surface area contributed by atoms with Crippen LogP contribution in [0.25, 0.3) is 10.9 Å². The van der Waals surface area contributed by atoms with Crippen LogP contribution in [0, 0.1) is 0 Å². The van der Waals surface area contributed by atoms with E-state index >= 15 is 0 Å². The van der Waals surface area contributed by atoms with Crippen molar-refractivity contribution < 1.29 is 4.74 Å². The Bertz CT molecular complexity index is 991. The van der Waals surface area contributed by atoms with E-state index in [2.05, 4.69) is 69.9 Å². The molecule has 2 aromatic carbocycles. The molecule has 1 N–H and O–H groups in total. The first-order valence-corrected chi connectivity index (χ1v) is 10.1. The van der Waals surface area contributed by atoms with Gasteiger partial charge in [-0.3, -0.25) is 9.80 Å². The van der Waals surface area contributed by atoms with E-state index in [4.69, 9.17) is 4.74 Å². The smallest absolute Gasteiger partial charge is 0.118 e. The molecule has 0 aliphatic carbocycles. The molecular weight excluding hydrogens is 346 g/mol. The van der Waals surface area contributed by atoms with Crippen LogP contribution in [0.5, 0.6) is 5.75 Å². The minimum atomic E-state index is 0.378. The van der Waals surface area contributed by atoms with E-state index in [0.29, 0.717) is 12.1 Å². The summed E-state index contributed by atoms with van der Waals surface area (Å²) >= 11 is 0. The molecule has 6 rings (SSSR count). The van der Waals surface area contributed by atoms with Gasteiger partial charge >= 0.3 is 0 Å². The number of aromatic nitrogens is 1. The van der Waals surface area contributed by atoms with Crippen molar-refractivity contribution in [2.45, 2.75) is 25.0 Å². The molecule has 28 heavy (non-hydrogen) atoms. The molecular formula is C24H27N3O. The van der Waals surface area contributed by atoms with Crippen LogP contribution in [0.4, 0.5) is 0 Å². The molecule has 144 valence electrons. The summed E-state index contributed by atoms with van der Waals surface area (Å²) in [5.41, 5.74) is 5.51. The largest absolute Gasteiger partial charge is 0.497 e. The number of piperazine rings is 1. The van der Waals surface area contributed by atoms with Gasteiger partial charge in [-0.15, -0.1) is 6.58 Å². The molecule has 0 radical (unpaired) electrons. The molecule has 0 spiro atoms. The predicted molar refractivity (Wildman–Crippen MR) is 114 cm³/mol. The summed E-state index contributed by atoms with van der Waals surface area (Å²) in [6.45, 7) is 8.04. The van der Waals surface area contributed by atoms with Crippen LogP contribution in [-0.2, 0) is 13.0 Å². The van der Waals surface area contributed by atoms with Crippen LogP contribution in [0.15, 0.2) is 61.2 Å². The molecule has 4 heteroatoms. The van der Waals surface area contributed by atoms with Crippen LogP contribution in [-0.4, -0.2) is 47.6 Å². The second-order valence-corrected chi connectivity index (χ2v) is 7.96. The maximum atomic E-state index is 5.31. The van der Waals surface area contributed by atoms with Gasteiger partial charge in [-0.25, -0.2) is 0 Å². The molecule has 0 unspecified atom stereocenters. The highest BCUT2D eigenvalue weighted by Gasteiger charge is 2.40. The standard InChI is InChI=1S/C24H27N3O/c1-3-12-26-16-23-24-21(20-6-4-5-7-22(20)25-24)13-18(26)15-27(23)14-17-8-10-19(28-2)11-9-17/h3-11,18,23,25H,1,12-16H2,2H3/t18-,23+/m0/s1. The summed E-state index contributed by atoms with van der Waals surface area (Å²) in [6.07, 6.45) is 3.14. The fourth-order valence-electron chi connectivity index (χ4n) is 4.96. The number of benzene rings is 2.